The van der Waals surface area contributed by atoms with Crippen LogP contribution in [0.3, 0.4) is 0 Å². The predicted molar refractivity (Wildman–Crippen MR) is 72.6 cm³/mol. The van der Waals surface area contributed by atoms with Crippen LogP contribution >= 0.6 is 11.7 Å². The molecule has 2 aliphatic heterocycles. The van der Waals surface area contributed by atoms with E-state index in [9.17, 15) is 14.7 Å². The Labute approximate surface area is 121 Å². The van der Waals surface area contributed by atoms with Gasteiger partial charge in [0.05, 0.1) is 22.8 Å². The summed E-state index contributed by atoms with van der Waals surface area (Å²) in [6.45, 7) is 3.66. The van der Waals surface area contributed by atoms with Gasteiger partial charge in [-0.2, -0.15) is 8.75 Å². The fourth-order valence-electron chi connectivity index (χ4n) is 3.80. The van der Waals surface area contributed by atoms with E-state index in [-0.39, 0.29) is 18.0 Å². The highest BCUT2D eigenvalue weighted by molar-refractivity contribution is 6.99. The molecule has 0 unspecified atom stereocenters. The third-order valence-electron chi connectivity index (χ3n) is 4.89. The zero-order chi connectivity index (χ0) is 14.5. The Morgan fingerprint density at radius 1 is 1.45 bits per heavy atom. The van der Waals surface area contributed by atoms with E-state index in [0.717, 1.165) is 24.6 Å². The quantitative estimate of drug-likeness (QED) is 0.917. The summed E-state index contributed by atoms with van der Waals surface area (Å²) in [5.41, 5.74) is 0.226. The summed E-state index contributed by atoms with van der Waals surface area (Å²) < 4.78 is 8.11. The molecular formula is C13H17N3O3S. The molecule has 3 heterocycles. The summed E-state index contributed by atoms with van der Waals surface area (Å²) >= 11 is 1.02. The first-order chi connectivity index (χ1) is 9.51. The summed E-state index contributed by atoms with van der Waals surface area (Å²) in [5.74, 6) is -0.932. The number of carbonyl (C=O) groups is 2. The Bertz CT molecular complexity index is 573. The lowest BCUT2D eigenvalue weighted by Gasteiger charge is -2.32. The molecule has 3 rings (SSSR count). The van der Waals surface area contributed by atoms with Crippen LogP contribution in [0.4, 0.5) is 0 Å². The summed E-state index contributed by atoms with van der Waals surface area (Å²) in [7, 11) is 0. The fourth-order valence-corrected chi connectivity index (χ4v) is 4.34. The summed E-state index contributed by atoms with van der Waals surface area (Å²) in [4.78, 5) is 26.1. The Balaban J connectivity index is 1.95. The van der Waals surface area contributed by atoms with E-state index in [1.54, 1.807) is 11.8 Å². The Morgan fingerprint density at radius 2 is 2.20 bits per heavy atom. The molecule has 7 heteroatoms. The molecule has 2 aliphatic rings. The number of aryl methyl sites for hydroxylation is 1. The monoisotopic (exact) mass is 295 g/mol. The van der Waals surface area contributed by atoms with Crippen molar-refractivity contribution in [1.29, 1.82) is 0 Å². The molecule has 108 valence electrons. The lowest BCUT2D eigenvalue weighted by Crippen LogP contribution is -2.45. The number of hydrogen-bond acceptors (Lipinski definition) is 5. The topological polar surface area (TPSA) is 83.4 Å². The lowest BCUT2D eigenvalue weighted by molar-refractivity contribution is -0.151. The van der Waals surface area contributed by atoms with Crippen LogP contribution < -0.4 is 0 Å². The van der Waals surface area contributed by atoms with E-state index in [1.165, 1.54) is 0 Å². The second-order valence-electron chi connectivity index (χ2n) is 5.68. The first-order valence-corrected chi connectivity index (χ1v) is 7.59. The van der Waals surface area contributed by atoms with Gasteiger partial charge in [-0.05, 0) is 32.6 Å². The molecule has 0 spiro atoms. The van der Waals surface area contributed by atoms with Gasteiger partial charge in [-0.3, -0.25) is 9.59 Å². The summed E-state index contributed by atoms with van der Waals surface area (Å²) in [5, 5.41) is 9.61. The van der Waals surface area contributed by atoms with Gasteiger partial charge >= 0.3 is 5.97 Å². The Morgan fingerprint density at radius 3 is 2.70 bits per heavy atom. The van der Waals surface area contributed by atoms with Gasteiger partial charge in [0.1, 0.15) is 0 Å². The second-order valence-corrected chi connectivity index (χ2v) is 6.21. The molecule has 20 heavy (non-hydrogen) atoms. The van der Waals surface area contributed by atoms with Crippen LogP contribution in [-0.4, -0.2) is 42.7 Å². The van der Waals surface area contributed by atoms with Gasteiger partial charge in [0.2, 0.25) is 0 Å². The summed E-state index contributed by atoms with van der Waals surface area (Å²) in [6.07, 6.45) is 2.78. The van der Waals surface area contributed by atoms with Crippen molar-refractivity contribution in [2.45, 2.75) is 51.6 Å². The van der Waals surface area contributed by atoms with Crippen molar-refractivity contribution in [3.63, 3.8) is 0 Å². The first-order valence-electron chi connectivity index (χ1n) is 6.86. The average molecular weight is 295 g/mol. The van der Waals surface area contributed by atoms with Crippen LogP contribution in [0.2, 0.25) is 0 Å². The standard InChI is InChI=1S/C13H17N3O3S/c1-3-13(12(18)19)6-8-4-5-9(13)16(8)11(17)10-7(2)14-20-15-10/h8-9H,3-6H2,1-2H3,(H,18,19)/t8-,9+,13+/m0/s1. The van der Waals surface area contributed by atoms with Crippen LogP contribution in [-0.2, 0) is 4.79 Å². The largest absolute Gasteiger partial charge is 0.481 e. The highest BCUT2D eigenvalue weighted by Gasteiger charge is 2.60. The number of rotatable bonds is 3. The van der Waals surface area contributed by atoms with E-state index < -0.39 is 11.4 Å². The highest BCUT2D eigenvalue weighted by Crippen LogP contribution is 2.52. The van der Waals surface area contributed by atoms with E-state index in [2.05, 4.69) is 8.75 Å². The number of carboxylic acid groups (broad SMARTS) is 1. The SMILES string of the molecule is CC[C@@]1(C(=O)O)C[C@@H]2CC[C@H]1N2C(=O)c1nsnc1C. The number of carbonyl (C=O) groups excluding carboxylic acids is 1. The fraction of sp³-hybridized carbons (Fsp3) is 0.692. The van der Waals surface area contributed by atoms with Crippen LogP contribution in [0.1, 0.15) is 48.8 Å². The maximum atomic E-state index is 12.7. The molecule has 2 fully saturated rings. The van der Waals surface area contributed by atoms with Crippen LogP contribution in [0.25, 0.3) is 0 Å². The van der Waals surface area contributed by atoms with Gasteiger partial charge < -0.3 is 10.0 Å². The van der Waals surface area contributed by atoms with E-state index in [0.29, 0.717) is 24.2 Å². The molecule has 1 amide bonds. The van der Waals surface area contributed by atoms with Crippen molar-refractivity contribution in [2.75, 3.05) is 0 Å². The van der Waals surface area contributed by atoms with Crippen LogP contribution in [0.5, 0.6) is 0 Å². The normalized spacial score (nSPS) is 31.8. The van der Waals surface area contributed by atoms with E-state index in [4.69, 9.17) is 0 Å². The molecule has 0 saturated carbocycles. The van der Waals surface area contributed by atoms with Crippen LogP contribution in [0, 0.1) is 12.3 Å². The van der Waals surface area contributed by atoms with Gasteiger partial charge in [-0.1, -0.05) is 6.92 Å². The van der Waals surface area contributed by atoms with Gasteiger partial charge in [0.15, 0.2) is 5.69 Å². The number of aromatic nitrogens is 2. The highest BCUT2D eigenvalue weighted by atomic mass is 32.1. The molecule has 2 saturated heterocycles. The van der Waals surface area contributed by atoms with E-state index in [1.807, 2.05) is 6.92 Å². The Kier molecular flexibility index (Phi) is 3.04. The second kappa shape index (κ2) is 4.51. The third kappa shape index (κ3) is 1.62. The average Bonchev–Trinajstić information content (AvgIpc) is 3.10. The molecule has 0 aromatic carbocycles. The predicted octanol–water partition coefficient (Wildman–Crippen LogP) is 1.70. The smallest absolute Gasteiger partial charge is 0.311 e. The molecule has 1 aromatic heterocycles. The molecular weight excluding hydrogens is 278 g/mol. The van der Waals surface area contributed by atoms with Gasteiger partial charge in [0.25, 0.3) is 5.91 Å². The van der Waals surface area contributed by atoms with Gasteiger partial charge in [-0.25, -0.2) is 0 Å². The van der Waals surface area contributed by atoms with Gasteiger partial charge in [-0.15, -0.1) is 0 Å². The number of nitrogens with zero attached hydrogens (tertiary/aromatic N) is 3. The van der Waals surface area contributed by atoms with Crippen molar-refractivity contribution in [1.82, 2.24) is 13.6 Å². The maximum absolute atomic E-state index is 12.7. The molecule has 0 radical (unpaired) electrons. The molecule has 6 nitrogen and oxygen atoms in total. The minimum Gasteiger partial charge on any atom is -0.481 e. The van der Waals surface area contributed by atoms with Crippen molar-refractivity contribution in [3.8, 4) is 0 Å². The number of hydrogen-bond donors (Lipinski definition) is 1. The number of aliphatic carboxylic acids is 1. The third-order valence-corrected chi connectivity index (χ3v) is 5.51. The number of amides is 1. The van der Waals surface area contributed by atoms with Crippen molar-refractivity contribution in [2.24, 2.45) is 5.41 Å². The maximum Gasteiger partial charge on any atom is 0.311 e. The van der Waals surface area contributed by atoms with Crippen molar-refractivity contribution in [3.05, 3.63) is 11.4 Å². The zero-order valence-electron chi connectivity index (χ0n) is 11.5. The minimum absolute atomic E-state index is 0.0321. The number of fused-ring (bicyclic) bond motifs is 2. The van der Waals surface area contributed by atoms with Crippen LogP contribution in [0.15, 0.2) is 0 Å². The lowest BCUT2D eigenvalue weighted by atomic mass is 9.72. The molecule has 1 N–H and O–H groups in total. The zero-order valence-corrected chi connectivity index (χ0v) is 12.3. The summed E-state index contributed by atoms with van der Waals surface area (Å²) in [6, 6.07) is -0.173. The molecule has 3 atom stereocenters. The molecule has 1 aromatic rings. The molecule has 2 bridgehead atoms. The first kappa shape index (κ1) is 13.5. The number of carboxylic acids is 1. The molecule has 0 aliphatic carbocycles. The van der Waals surface area contributed by atoms with E-state index >= 15 is 0 Å². The van der Waals surface area contributed by atoms with Crippen molar-refractivity contribution < 1.29 is 14.7 Å². The Hall–Kier alpha value is -1.50. The van der Waals surface area contributed by atoms with Crippen molar-refractivity contribution >= 4 is 23.6 Å². The van der Waals surface area contributed by atoms with Gasteiger partial charge in [0, 0.05) is 12.1 Å². The minimum atomic E-state index is -0.782.